The van der Waals surface area contributed by atoms with Gasteiger partial charge in [-0.05, 0) is 36.9 Å². The Morgan fingerprint density at radius 3 is 2.32 bits per heavy atom. The first-order chi connectivity index (χ1) is 15.1. The van der Waals surface area contributed by atoms with Crippen molar-refractivity contribution in [3.8, 4) is 11.5 Å². The minimum atomic E-state index is -0.104. The van der Waals surface area contributed by atoms with Crippen LogP contribution in [0.1, 0.15) is 19.4 Å². The SMILES string of the molecule is CCN(CC)CCN(C(=O)C=Cc1ccccc1)c1nc2c(OC)ccc(OC)c2s1. The van der Waals surface area contributed by atoms with E-state index in [1.165, 1.54) is 11.3 Å². The predicted molar refractivity (Wildman–Crippen MR) is 128 cm³/mol. The molecule has 0 aliphatic carbocycles. The minimum absolute atomic E-state index is 0.104. The number of likely N-dealkylation sites (N-methyl/N-ethyl adjacent to an activating group) is 1. The number of rotatable bonds is 10. The molecule has 2 aromatic carbocycles. The Kier molecular flexibility index (Phi) is 8.03. The van der Waals surface area contributed by atoms with E-state index in [-0.39, 0.29) is 5.91 Å². The fraction of sp³-hybridized carbons (Fsp3) is 0.333. The van der Waals surface area contributed by atoms with E-state index in [1.807, 2.05) is 48.5 Å². The zero-order chi connectivity index (χ0) is 22.2. The molecule has 1 heterocycles. The highest BCUT2D eigenvalue weighted by molar-refractivity contribution is 7.22. The van der Waals surface area contributed by atoms with Crippen LogP contribution in [-0.2, 0) is 4.79 Å². The molecule has 0 saturated heterocycles. The number of fused-ring (bicyclic) bond motifs is 1. The number of benzene rings is 2. The molecule has 0 radical (unpaired) electrons. The molecule has 0 unspecified atom stereocenters. The second-order valence-corrected chi connectivity index (χ2v) is 7.88. The van der Waals surface area contributed by atoms with Crippen LogP contribution in [0.5, 0.6) is 11.5 Å². The maximum atomic E-state index is 13.2. The Bertz CT molecular complexity index is 988. The number of hydrogen-bond acceptors (Lipinski definition) is 6. The number of amides is 1. The van der Waals surface area contributed by atoms with Crippen molar-refractivity contribution in [3.63, 3.8) is 0 Å². The summed E-state index contributed by atoms with van der Waals surface area (Å²) in [6, 6.07) is 13.5. The van der Waals surface area contributed by atoms with Gasteiger partial charge in [-0.2, -0.15) is 0 Å². The van der Waals surface area contributed by atoms with Crippen molar-refractivity contribution in [2.24, 2.45) is 0 Å². The monoisotopic (exact) mass is 439 g/mol. The highest BCUT2D eigenvalue weighted by atomic mass is 32.1. The van der Waals surface area contributed by atoms with Crippen LogP contribution >= 0.6 is 11.3 Å². The normalized spacial score (nSPS) is 11.4. The molecule has 31 heavy (non-hydrogen) atoms. The number of hydrogen-bond donors (Lipinski definition) is 0. The summed E-state index contributed by atoms with van der Waals surface area (Å²) in [6.07, 6.45) is 3.44. The van der Waals surface area contributed by atoms with Gasteiger partial charge >= 0.3 is 0 Å². The van der Waals surface area contributed by atoms with Crippen molar-refractivity contribution >= 4 is 38.7 Å². The average Bonchev–Trinajstić information content (AvgIpc) is 3.25. The summed E-state index contributed by atoms with van der Waals surface area (Å²) in [4.78, 5) is 22.0. The Morgan fingerprint density at radius 1 is 1.00 bits per heavy atom. The molecule has 0 atom stereocenters. The molecule has 1 amide bonds. The predicted octanol–water partition coefficient (Wildman–Crippen LogP) is 4.70. The zero-order valence-corrected chi connectivity index (χ0v) is 19.3. The highest BCUT2D eigenvalue weighted by Gasteiger charge is 2.21. The summed E-state index contributed by atoms with van der Waals surface area (Å²) < 4.78 is 11.9. The molecule has 0 aliphatic heterocycles. The lowest BCUT2D eigenvalue weighted by atomic mass is 10.2. The number of nitrogens with zero attached hydrogens (tertiary/aromatic N) is 3. The average molecular weight is 440 g/mol. The molecule has 0 spiro atoms. The molecule has 1 aromatic heterocycles. The molecule has 164 valence electrons. The number of methoxy groups -OCH3 is 2. The molecule has 6 nitrogen and oxygen atoms in total. The van der Waals surface area contributed by atoms with Crippen LogP contribution in [0.4, 0.5) is 5.13 Å². The van der Waals surface area contributed by atoms with Crippen LogP contribution in [0, 0.1) is 0 Å². The second-order valence-electron chi connectivity index (χ2n) is 6.91. The van der Waals surface area contributed by atoms with Crippen LogP contribution < -0.4 is 14.4 Å². The summed E-state index contributed by atoms with van der Waals surface area (Å²) in [5.74, 6) is 1.28. The Hall–Kier alpha value is -2.90. The molecule has 0 fully saturated rings. The van der Waals surface area contributed by atoms with Gasteiger partial charge in [-0.3, -0.25) is 9.69 Å². The van der Waals surface area contributed by atoms with Gasteiger partial charge in [0.2, 0.25) is 0 Å². The summed E-state index contributed by atoms with van der Waals surface area (Å²) in [5.41, 5.74) is 1.68. The van der Waals surface area contributed by atoms with Gasteiger partial charge in [0, 0.05) is 19.2 Å². The van der Waals surface area contributed by atoms with Gasteiger partial charge in [-0.15, -0.1) is 0 Å². The number of aromatic nitrogens is 1. The Morgan fingerprint density at radius 2 is 1.68 bits per heavy atom. The number of ether oxygens (including phenoxy) is 2. The maximum Gasteiger partial charge on any atom is 0.252 e. The minimum Gasteiger partial charge on any atom is -0.495 e. The van der Waals surface area contributed by atoms with Crippen molar-refractivity contribution in [3.05, 3.63) is 54.1 Å². The molecular weight excluding hydrogens is 410 g/mol. The van der Waals surface area contributed by atoms with Gasteiger partial charge in [-0.1, -0.05) is 55.5 Å². The van der Waals surface area contributed by atoms with Crippen LogP contribution in [0.25, 0.3) is 16.3 Å². The number of thiazole rings is 1. The van der Waals surface area contributed by atoms with Crippen molar-refractivity contribution in [2.75, 3.05) is 45.3 Å². The van der Waals surface area contributed by atoms with Gasteiger partial charge in [-0.25, -0.2) is 4.98 Å². The molecule has 7 heteroatoms. The topological polar surface area (TPSA) is 54.9 Å². The van der Waals surface area contributed by atoms with Gasteiger partial charge in [0.1, 0.15) is 21.7 Å². The van der Waals surface area contributed by atoms with E-state index in [9.17, 15) is 4.79 Å². The van der Waals surface area contributed by atoms with Crippen LogP contribution in [0.2, 0.25) is 0 Å². The van der Waals surface area contributed by atoms with Crippen molar-refractivity contribution < 1.29 is 14.3 Å². The van der Waals surface area contributed by atoms with Crippen molar-refractivity contribution in [1.29, 1.82) is 0 Å². The third-order valence-corrected chi connectivity index (χ3v) is 6.24. The Balaban J connectivity index is 1.97. The van der Waals surface area contributed by atoms with E-state index in [0.717, 1.165) is 35.6 Å². The number of anilines is 1. The van der Waals surface area contributed by atoms with Crippen LogP contribution in [-0.4, -0.2) is 56.2 Å². The first-order valence-electron chi connectivity index (χ1n) is 10.4. The second kappa shape index (κ2) is 10.9. The quantitative estimate of drug-likeness (QED) is 0.429. The van der Waals surface area contributed by atoms with E-state index in [1.54, 1.807) is 25.2 Å². The molecule has 0 N–H and O–H groups in total. The van der Waals surface area contributed by atoms with Crippen molar-refractivity contribution in [2.45, 2.75) is 13.8 Å². The molecule has 0 saturated carbocycles. The molecule has 3 rings (SSSR count). The van der Waals surface area contributed by atoms with Gasteiger partial charge < -0.3 is 14.4 Å². The fourth-order valence-electron chi connectivity index (χ4n) is 3.29. The third-order valence-electron chi connectivity index (χ3n) is 5.15. The number of carbonyl (C=O) groups is 1. The lowest BCUT2D eigenvalue weighted by Gasteiger charge is -2.23. The first-order valence-corrected chi connectivity index (χ1v) is 11.2. The van der Waals surface area contributed by atoms with Gasteiger partial charge in [0.25, 0.3) is 5.91 Å². The van der Waals surface area contributed by atoms with E-state index < -0.39 is 0 Å². The lowest BCUT2D eigenvalue weighted by Crippen LogP contribution is -2.38. The summed E-state index contributed by atoms with van der Waals surface area (Å²) in [5, 5.41) is 0.632. The standard InChI is InChI=1S/C24H29N3O3S/c1-5-26(6-2)16-17-27(21(28)15-12-18-10-8-7-9-11-18)24-25-22-19(29-3)13-14-20(30-4)23(22)31-24/h7-15H,5-6,16-17H2,1-4H3. The Labute approximate surface area is 187 Å². The maximum absolute atomic E-state index is 13.2. The zero-order valence-electron chi connectivity index (χ0n) is 18.5. The number of carbonyl (C=O) groups excluding carboxylic acids is 1. The van der Waals surface area contributed by atoms with Gasteiger partial charge in [0.15, 0.2) is 5.13 Å². The fourth-order valence-corrected chi connectivity index (χ4v) is 4.40. The summed E-state index contributed by atoms with van der Waals surface area (Å²) in [7, 11) is 3.25. The highest BCUT2D eigenvalue weighted by Crippen LogP contribution is 2.40. The molecular formula is C24H29N3O3S. The van der Waals surface area contributed by atoms with Crippen molar-refractivity contribution in [1.82, 2.24) is 9.88 Å². The molecule has 0 aliphatic rings. The van der Waals surface area contributed by atoms with Gasteiger partial charge in [0.05, 0.1) is 14.2 Å². The largest absolute Gasteiger partial charge is 0.495 e. The summed E-state index contributed by atoms with van der Waals surface area (Å²) >= 11 is 1.44. The van der Waals surface area contributed by atoms with E-state index >= 15 is 0 Å². The van der Waals surface area contributed by atoms with E-state index in [4.69, 9.17) is 14.5 Å². The van der Waals surface area contributed by atoms with Crippen LogP contribution in [0.3, 0.4) is 0 Å². The van der Waals surface area contributed by atoms with E-state index in [2.05, 4.69) is 18.7 Å². The van der Waals surface area contributed by atoms with Crippen LogP contribution in [0.15, 0.2) is 48.5 Å². The molecule has 3 aromatic rings. The van der Waals surface area contributed by atoms with E-state index in [0.29, 0.717) is 22.9 Å². The lowest BCUT2D eigenvalue weighted by molar-refractivity contribution is -0.114. The molecule has 0 bridgehead atoms. The first kappa shape index (κ1) is 22.8. The summed E-state index contributed by atoms with van der Waals surface area (Å²) in [6.45, 7) is 7.42. The smallest absolute Gasteiger partial charge is 0.252 e. The third kappa shape index (κ3) is 5.42.